The molecule has 1 aromatic rings. The lowest BCUT2D eigenvalue weighted by molar-refractivity contribution is -0.139. The predicted molar refractivity (Wildman–Crippen MR) is 65.1 cm³/mol. The molecule has 1 fully saturated rings. The SMILES string of the molecule is O=C(N[C@H]1C(=O)OC[C@H]1CO)OCc1ccccc1. The van der Waals surface area contributed by atoms with E-state index in [1.165, 1.54) is 0 Å². The fourth-order valence-corrected chi connectivity index (χ4v) is 1.79. The number of carbonyl (C=O) groups is 2. The molecule has 0 saturated carbocycles. The molecule has 0 aliphatic carbocycles. The number of esters is 1. The number of hydrogen-bond acceptors (Lipinski definition) is 5. The second-order valence-corrected chi connectivity index (χ2v) is 4.26. The van der Waals surface area contributed by atoms with Gasteiger partial charge in [-0.05, 0) is 5.56 Å². The van der Waals surface area contributed by atoms with Gasteiger partial charge in [0, 0.05) is 5.92 Å². The lowest BCUT2D eigenvalue weighted by Crippen LogP contribution is -2.43. The third-order valence-corrected chi connectivity index (χ3v) is 2.89. The zero-order valence-corrected chi connectivity index (χ0v) is 10.2. The minimum atomic E-state index is -0.840. The molecule has 0 radical (unpaired) electrons. The molecule has 6 heteroatoms. The fraction of sp³-hybridized carbons (Fsp3) is 0.385. The van der Waals surface area contributed by atoms with Crippen molar-refractivity contribution >= 4 is 12.1 Å². The molecular formula is C13H15NO5. The first-order valence-electron chi connectivity index (χ1n) is 5.95. The van der Waals surface area contributed by atoms with Crippen LogP contribution < -0.4 is 5.32 Å². The Balaban J connectivity index is 1.82. The topological polar surface area (TPSA) is 84.9 Å². The second-order valence-electron chi connectivity index (χ2n) is 4.26. The Kier molecular flexibility index (Phi) is 4.35. The van der Waals surface area contributed by atoms with E-state index < -0.39 is 24.0 Å². The van der Waals surface area contributed by atoms with E-state index in [0.29, 0.717) is 0 Å². The van der Waals surface area contributed by atoms with Gasteiger partial charge in [-0.2, -0.15) is 0 Å². The molecule has 2 atom stereocenters. The minimum absolute atomic E-state index is 0.110. The first-order valence-corrected chi connectivity index (χ1v) is 5.95. The van der Waals surface area contributed by atoms with Crippen molar-refractivity contribution in [3.8, 4) is 0 Å². The summed E-state index contributed by atoms with van der Waals surface area (Å²) in [7, 11) is 0. The van der Waals surface area contributed by atoms with Crippen LogP contribution in [-0.4, -0.2) is 36.4 Å². The lowest BCUT2D eigenvalue weighted by Gasteiger charge is -2.14. The first kappa shape index (κ1) is 13.4. The van der Waals surface area contributed by atoms with E-state index in [9.17, 15) is 9.59 Å². The summed E-state index contributed by atoms with van der Waals surface area (Å²) in [4.78, 5) is 22.9. The molecule has 2 rings (SSSR count). The van der Waals surface area contributed by atoms with Gasteiger partial charge in [0.2, 0.25) is 0 Å². The molecule has 1 aliphatic heterocycles. The summed E-state index contributed by atoms with van der Waals surface area (Å²) in [6, 6.07) is 8.36. The monoisotopic (exact) mass is 265 g/mol. The van der Waals surface area contributed by atoms with Crippen LogP contribution in [0, 0.1) is 5.92 Å². The number of ether oxygens (including phenoxy) is 2. The summed E-state index contributed by atoms with van der Waals surface area (Å²) in [5.41, 5.74) is 0.852. The summed E-state index contributed by atoms with van der Waals surface area (Å²) in [6.07, 6.45) is -0.703. The molecule has 0 unspecified atom stereocenters. The Morgan fingerprint density at radius 2 is 2.16 bits per heavy atom. The summed E-state index contributed by atoms with van der Waals surface area (Å²) in [5, 5.41) is 11.5. The molecule has 2 N–H and O–H groups in total. The van der Waals surface area contributed by atoms with Gasteiger partial charge >= 0.3 is 12.1 Å². The zero-order valence-electron chi connectivity index (χ0n) is 10.2. The number of carbonyl (C=O) groups excluding carboxylic acids is 2. The average Bonchev–Trinajstić information content (AvgIpc) is 2.78. The number of amides is 1. The third-order valence-electron chi connectivity index (χ3n) is 2.89. The van der Waals surface area contributed by atoms with Gasteiger partial charge in [-0.3, -0.25) is 0 Å². The summed E-state index contributed by atoms with van der Waals surface area (Å²) in [5.74, 6) is -0.965. The Hall–Kier alpha value is -2.08. The third kappa shape index (κ3) is 3.45. The average molecular weight is 265 g/mol. The molecule has 0 bridgehead atoms. The van der Waals surface area contributed by atoms with Crippen LogP contribution in [0.5, 0.6) is 0 Å². The Bertz CT molecular complexity index is 448. The Labute approximate surface area is 110 Å². The van der Waals surface area contributed by atoms with Crippen LogP contribution in [0.3, 0.4) is 0 Å². The number of nitrogens with one attached hydrogen (secondary N) is 1. The summed E-state index contributed by atoms with van der Waals surface area (Å²) in [6.45, 7) is 0.00652. The molecule has 102 valence electrons. The van der Waals surface area contributed by atoms with Crippen molar-refractivity contribution in [2.45, 2.75) is 12.6 Å². The van der Waals surface area contributed by atoms with E-state index in [0.717, 1.165) is 5.56 Å². The van der Waals surface area contributed by atoms with E-state index in [4.69, 9.17) is 14.6 Å². The van der Waals surface area contributed by atoms with Gasteiger partial charge in [0.05, 0.1) is 13.2 Å². The number of hydrogen-bond donors (Lipinski definition) is 2. The van der Waals surface area contributed by atoms with Crippen LogP contribution in [-0.2, 0) is 20.9 Å². The van der Waals surface area contributed by atoms with Crippen molar-refractivity contribution in [1.29, 1.82) is 0 Å². The molecule has 1 aromatic carbocycles. The van der Waals surface area contributed by atoms with Crippen molar-refractivity contribution in [3.05, 3.63) is 35.9 Å². The highest BCUT2D eigenvalue weighted by atomic mass is 16.6. The normalized spacial score (nSPS) is 21.8. The Morgan fingerprint density at radius 3 is 2.84 bits per heavy atom. The van der Waals surface area contributed by atoms with Crippen molar-refractivity contribution in [1.82, 2.24) is 5.32 Å². The van der Waals surface area contributed by atoms with Crippen molar-refractivity contribution in [2.75, 3.05) is 13.2 Å². The van der Waals surface area contributed by atoms with Gasteiger partial charge in [-0.15, -0.1) is 0 Å². The smallest absolute Gasteiger partial charge is 0.408 e. The molecular weight excluding hydrogens is 250 g/mol. The molecule has 1 heterocycles. The van der Waals surface area contributed by atoms with Crippen LogP contribution in [0.1, 0.15) is 5.56 Å². The van der Waals surface area contributed by atoms with E-state index >= 15 is 0 Å². The van der Waals surface area contributed by atoms with Crippen LogP contribution in [0.2, 0.25) is 0 Å². The second kappa shape index (κ2) is 6.19. The highest BCUT2D eigenvalue weighted by molar-refractivity contribution is 5.83. The Morgan fingerprint density at radius 1 is 1.42 bits per heavy atom. The first-order chi connectivity index (χ1) is 9.20. The number of aliphatic hydroxyl groups is 1. The van der Waals surface area contributed by atoms with Crippen LogP contribution in [0.15, 0.2) is 30.3 Å². The lowest BCUT2D eigenvalue weighted by atomic mass is 10.1. The number of alkyl carbamates (subject to hydrolysis) is 1. The van der Waals surface area contributed by atoms with Gasteiger partial charge in [0.15, 0.2) is 0 Å². The molecule has 0 aromatic heterocycles. The number of cyclic esters (lactones) is 1. The number of rotatable bonds is 4. The van der Waals surface area contributed by atoms with Crippen molar-refractivity contribution < 1.29 is 24.2 Å². The number of aliphatic hydroxyl groups excluding tert-OH is 1. The minimum Gasteiger partial charge on any atom is -0.464 e. The zero-order chi connectivity index (χ0) is 13.7. The fourth-order valence-electron chi connectivity index (χ4n) is 1.79. The molecule has 0 spiro atoms. The predicted octanol–water partition coefficient (Wildman–Crippen LogP) is 0.447. The summed E-state index contributed by atoms with van der Waals surface area (Å²) < 4.78 is 9.76. The van der Waals surface area contributed by atoms with Gasteiger partial charge < -0.3 is 19.9 Å². The number of benzene rings is 1. The van der Waals surface area contributed by atoms with Gasteiger partial charge in [-0.25, -0.2) is 9.59 Å². The van der Waals surface area contributed by atoms with Crippen molar-refractivity contribution in [2.24, 2.45) is 5.92 Å². The summed E-state index contributed by atoms with van der Waals surface area (Å²) >= 11 is 0. The van der Waals surface area contributed by atoms with E-state index in [1.54, 1.807) is 0 Å². The largest absolute Gasteiger partial charge is 0.464 e. The highest BCUT2D eigenvalue weighted by Crippen LogP contribution is 2.14. The van der Waals surface area contributed by atoms with E-state index in [-0.39, 0.29) is 19.8 Å². The van der Waals surface area contributed by atoms with Gasteiger partial charge in [-0.1, -0.05) is 30.3 Å². The maximum Gasteiger partial charge on any atom is 0.408 e. The quantitative estimate of drug-likeness (QED) is 0.772. The van der Waals surface area contributed by atoms with Crippen LogP contribution >= 0.6 is 0 Å². The maximum absolute atomic E-state index is 11.6. The van der Waals surface area contributed by atoms with Gasteiger partial charge in [0.1, 0.15) is 12.6 Å². The van der Waals surface area contributed by atoms with Crippen LogP contribution in [0.4, 0.5) is 4.79 Å². The maximum atomic E-state index is 11.6. The molecule has 19 heavy (non-hydrogen) atoms. The standard InChI is InChI=1S/C13H15NO5/c15-6-10-8-18-12(16)11(10)14-13(17)19-7-9-4-2-1-3-5-9/h1-5,10-11,15H,6-8H2,(H,14,17)/t10-,11-/m1/s1. The molecule has 1 aliphatic rings. The molecule has 1 saturated heterocycles. The van der Waals surface area contributed by atoms with Crippen LogP contribution in [0.25, 0.3) is 0 Å². The highest BCUT2D eigenvalue weighted by Gasteiger charge is 2.37. The van der Waals surface area contributed by atoms with Crippen molar-refractivity contribution in [3.63, 3.8) is 0 Å². The molecule has 1 amide bonds. The van der Waals surface area contributed by atoms with Gasteiger partial charge in [0.25, 0.3) is 0 Å². The van der Waals surface area contributed by atoms with E-state index in [1.807, 2.05) is 30.3 Å². The molecule has 6 nitrogen and oxygen atoms in total. The van der Waals surface area contributed by atoms with E-state index in [2.05, 4.69) is 5.32 Å².